The van der Waals surface area contributed by atoms with Crippen molar-refractivity contribution in [3.8, 4) is 5.88 Å². The Morgan fingerprint density at radius 3 is 3.12 bits per heavy atom. The Morgan fingerprint density at radius 1 is 1.53 bits per heavy atom. The molecule has 1 saturated heterocycles. The van der Waals surface area contributed by atoms with Crippen molar-refractivity contribution < 1.29 is 14.3 Å². The van der Waals surface area contributed by atoms with Crippen molar-refractivity contribution >= 4 is 17.4 Å². The van der Waals surface area contributed by atoms with E-state index < -0.39 is 5.54 Å². The Morgan fingerprint density at radius 2 is 2.41 bits per heavy atom. The van der Waals surface area contributed by atoms with Crippen LogP contribution in [0.25, 0.3) is 0 Å². The van der Waals surface area contributed by atoms with Crippen LogP contribution in [0.1, 0.15) is 6.42 Å². The van der Waals surface area contributed by atoms with E-state index in [1.165, 1.54) is 13.4 Å². The van der Waals surface area contributed by atoms with Gasteiger partial charge in [0, 0.05) is 13.0 Å². The first-order chi connectivity index (χ1) is 8.25. The van der Waals surface area contributed by atoms with Gasteiger partial charge in [0.05, 0.1) is 13.7 Å². The predicted octanol–water partition coefficient (Wildman–Crippen LogP) is 0.00830. The van der Waals surface area contributed by atoms with Crippen LogP contribution in [0.3, 0.4) is 0 Å². The van der Waals surface area contributed by atoms with Crippen molar-refractivity contribution in [1.29, 1.82) is 0 Å². The quantitative estimate of drug-likeness (QED) is 0.714. The van der Waals surface area contributed by atoms with Crippen molar-refractivity contribution in [1.82, 2.24) is 9.97 Å². The van der Waals surface area contributed by atoms with Gasteiger partial charge in [0.25, 0.3) is 5.91 Å². The number of amides is 1. The van der Waals surface area contributed by atoms with Crippen molar-refractivity contribution in [3.05, 3.63) is 6.33 Å². The molecule has 90 valence electrons. The summed E-state index contributed by atoms with van der Waals surface area (Å²) in [6.45, 7) is 0.919. The van der Waals surface area contributed by atoms with E-state index in [4.69, 9.17) is 9.47 Å². The molecule has 7 nitrogen and oxygen atoms in total. The van der Waals surface area contributed by atoms with Crippen LogP contribution >= 0.6 is 0 Å². The zero-order valence-corrected chi connectivity index (χ0v) is 9.32. The first-order valence-corrected chi connectivity index (χ1v) is 5.31. The van der Waals surface area contributed by atoms with Crippen LogP contribution in [0.5, 0.6) is 5.88 Å². The third kappa shape index (κ3) is 1.42. The third-order valence-electron chi connectivity index (χ3n) is 3.06. The summed E-state index contributed by atoms with van der Waals surface area (Å²) in [4.78, 5) is 20.1. The van der Waals surface area contributed by atoms with Gasteiger partial charge in [-0.15, -0.1) is 0 Å². The molecule has 1 atom stereocenters. The smallest absolute Gasteiger partial charge is 0.252 e. The number of carbonyl (C=O) groups is 1. The van der Waals surface area contributed by atoms with Crippen LogP contribution in [0, 0.1) is 0 Å². The molecule has 2 N–H and O–H groups in total. The number of rotatable bonds is 1. The highest BCUT2D eigenvalue weighted by atomic mass is 16.5. The maximum Gasteiger partial charge on any atom is 0.252 e. The first kappa shape index (κ1) is 10.3. The predicted molar refractivity (Wildman–Crippen MR) is 59.0 cm³/mol. The van der Waals surface area contributed by atoms with E-state index in [9.17, 15) is 4.79 Å². The number of carbonyl (C=O) groups excluding carboxylic acids is 1. The molecule has 1 spiro atoms. The number of aromatic nitrogens is 2. The molecule has 7 heteroatoms. The van der Waals surface area contributed by atoms with Crippen LogP contribution in [0.2, 0.25) is 0 Å². The Balaban J connectivity index is 2.03. The van der Waals surface area contributed by atoms with Gasteiger partial charge >= 0.3 is 0 Å². The highest BCUT2D eigenvalue weighted by Crippen LogP contribution is 2.37. The molecule has 2 aliphatic rings. The van der Waals surface area contributed by atoms with E-state index in [1.54, 1.807) is 0 Å². The monoisotopic (exact) mass is 236 g/mol. The molecule has 0 bridgehead atoms. The van der Waals surface area contributed by atoms with Crippen LogP contribution < -0.4 is 15.4 Å². The van der Waals surface area contributed by atoms with Gasteiger partial charge in [0.15, 0.2) is 5.82 Å². The zero-order valence-electron chi connectivity index (χ0n) is 9.32. The standard InChI is InChI=1S/C10H12N4O3/c1-16-8-6-7(11-5-12-8)14-10(9(15)13-6)2-3-17-4-10/h5H,2-4H2,1H3,(H,13,15)(H,11,12,14). The lowest BCUT2D eigenvalue weighted by Gasteiger charge is -2.33. The molecule has 2 aliphatic heterocycles. The molecule has 1 unspecified atom stereocenters. The van der Waals surface area contributed by atoms with Gasteiger partial charge in [-0.3, -0.25) is 4.79 Å². The second-order valence-electron chi connectivity index (χ2n) is 4.07. The van der Waals surface area contributed by atoms with E-state index >= 15 is 0 Å². The van der Waals surface area contributed by atoms with Crippen LogP contribution in [0.15, 0.2) is 6.33 Å². The Labute approximate surface area is 97.5 Å². The molecule has 0 aliphatic carbocycles. The van der Waals surface area contributed by atoms with Crippen LogP contribution in [0.4, 0.5) is 11.5 Å². The normalized spacial score (nSPS) is 26.3. The average molecular weight is 236 g/mol. The SMILES string of the molecule is COc1ncnc2c1NC(=O)C1(CCOC1)N2. The van der Waals surface area contributed by atoms with E-state index in [-0.39, 0.29) is 5.91 Å². The fourth-order valence-electron chi connectivity index (χ4n) is 2.09. The summed E-state index contributed by atoms with van der Waals surface area (Å²) >= 11 is 0. The van der Waals surface area contributed by atoms with Crippen molar-refractivity contribution in [2.75, 3.05) is 31.0 Å². The molecular formula is C10H12N4O3. The van der Waals surface area contributed by atoms with Gasteiger partial charge in [-0.25, -0.2) is 4.98 Å². The van der Waals surface area contributed by atoms with E-state index in [0.29, 0.717) is 37.0 Å². The van der Waals surface area contributed by atoms with Crippen molar-refractivity contribution in [3.63, 3.8) is 0 Å². The number of nitrogens with zero attached hydrogens (tertiary/aromatic N) is 2. The number of hydrogen-bond acceptors (Lipinski definition) is 6. The lowest BCUT2D eigenvalue weighted by atomic mass is 9.95. The maximum absolute atomic E-state index is 12.1. The number of hydrogen-bond donors (Lipinski definition) is 2. The van der Waals surface area contributed by atoms with E-state index in [2.05, 4.69) is 20.6 Å². The summed E-state index contributed by atoms with van der Waals surface area (Å²) in [6, 6.07) is 0. The molecule has 1 aromatic rings. The van der Waals surface area contributed by atoms with Gasteiger partial charge in [-0.1, -0.05) is 0 Å². The van der Waals surface area contributed by atoms with Gasteiger partial charge in [0.1, 0.15) is 17.6 Å². The number of nitrogens with one attached hydrogen (secondary N) is 2. The van der Waals surface area contributed by atoms with Gasteiger partial charge < -0.3 is 20.1 Å². The summed E-state index contributed by atoms with van der Waals surface area (Å²) in [6.07, 6.45) is 2.02. The summed E-state index contributed by atoms with van der Waals surface area (Å²) in [7, 11) is 1.50. The highest BCUT2D eigenvalue weighted by Gasteiger charge is 2.46. The topological polar surface area (TPSA) is 85.4 Å². The summed E-state index contributed by atoms with van der Waals surface area (Å²) in [5.41, 5.74) is -0.218. The average Bonchev–Trinajstić information content (AvgIpc) is 2.80. The molecule has 0 aromatic carbocycles. The van der Waals surface area contributed by atoms with Crippen LogP contribution in [-0.4, -0.2) is 41.7 Å². The van der Waals surface area contributed by atoms with Crippen molar-refractivity contribution in [2.45, 2.75) is 12.0 Å². The zero-order chi connectivity index (χ0) is 11.9. The lowest BCUT2D eigenvalue weighted by molar-refractivity contribution is -0.120. The molecule has 0 radical (unpaired) electrons. The number of methoxy groups -OCH3 is 1. The fraction of sp³-hybridized carbons (Fsp3) is 0.500. The molecule has 3 heterocycles. The van der Waals surface area contributed by atoms with E-state index in [1.807, 2.05) is 0 Å². The highest BCUT2D eigenvalue weighted by molar-refractivity contribution is 6.06. The number of fused-ring (bicyclic) bond motifs is 1. The molecule has 17 heavy (non-hydrogen) atoms. The van der Waals surface area contributed by atoms with Gasteiger partial charge in [0.2, 0.25) is 5.88 Å². The Hall–Kier alpha value is -1.89. The molecule has 1 aromatic heterocycles. The van der Waals surface area contributed by atoms with Gasteiger partial charge in [-0.2, -0.15) is 4.98 Å². The Kier molecular flexibility index (Phi) is 2.15. The summed E-state index contributed by atoms with van der Waals surface area (Å²) in [5.74, 6) is 0.794. The largest absolute Gasteiger partial charge is 0.479 e. The fourth-order valence-corrected chi connectivity index (χ4v) is 2.09. The molecule has 1 fully saturated rings. The molecule has 1 amide bonds. The minimum absolute atomic E-state index is 0.129. The molecular weight excluding hydrogens is 224 g/mol. The van der Waals surface area contributed by atoms with E-state index in [0.717, 1.165) is 0 Å². The lowest BCUT2D eigenvalue weighted by Crippen LogP contribution is -2.53. The minimum Gasteiger partial charge on any atom is -0.479 e. The Bertz CT molecular complexity index is 471. The summed E-state index contributed by atoms with van der Waals surface area (Å²) < 4.78 is 10.4. The first-order valence-electron chi connectivity index (χ1n) is 5.31. The third-order valence-corrected chi connectivity index (χ3v) is 3.06. The number of ether oxygens (including phenoxy) is 2. The summed E-state index contributed by atoms with van der Waals surface area (Å²) in [5, 5.41) is 5.91. The second-order valence-corrected chi connectivity index (χ2v) is 4.07. The second kappa shape index (κ2) is 3.56. The molecule has 0 saturated carbocycles. The van der Waals surface area contributed by atoms with Gasteiger partial charge in [-0.05, 0) is 0 Å². The minimum atomic E-state index is -0.702. The van der Waals surface area contributed by atoms with Crippen LogP contribution in [-0.2, 0) is 9.53 Å². The number of anilines is 2. The molecule has 3 rings (SSSR count). The maximum atomic E-state index is 12.1. The van der Waals surface area contributed by atoms with Crippen molar-refractivity contribution in [2.24, 2.45) is 0 Å².